The number of benzene rings is 2. The van der Waals surface area contributed by atoms with E-state index in [1.165, 1.54) is 12.1 Å². The number of aryl methyl sites for hydroxylation is 1. The van der Waals surface area contributed by atoms with Gasteiger partial charge < -0.3 is 4.57 Å². The maximum atomic E-state index is 14.9. The first-order valence-electron chi connectivity index (χ1n) is 8.66. The van der Waals surface area contributed by atoms with E-state index in [0.717, 1.165) is 5.56 Å². The molecule has 0 spiro atoms. The van der Waals surface area contributed by atoms with Gasteiger partial charge >= 0.3 is 0 Å². The Labute approximate surface area is 163 Å². The Kier molecular flexibility index (Phi) is 5.23. The summed E-state index contributed by atoms with van der Waals surface area (Å²) in [4.78, 5) is 12.9. The van der Waals surface area contributed by atoms with Crippen LogP contribution < -0.4 is 5.14 Å². The van der Waals surface area contributed by atoms with Crippen molar-refractivity contribution in [2.24, 2.45) is 12.2 Å². The van der Waals surface area contributed by atoms with Gasteiger partial charge in [-0.1, -0.05) is 42.0 Å². The van der Waals surface area contributed by atoms with Gasteiger partial charge in [0.15, 0.2) is 0 Å². The fourth-order valence-electron chi connectivity index (χ4n) is 3.20. The van der Waals surface area contributed by atoms with Crippen LogP contribution in [0.1, 0.15) is 38.4 Å². The summed E-state index contributed by atoms with van der Waals surface area (Å²) in [6.45, 7) is 3.52. The van der Waals surface area contributed by atoms with Crippen molar-refractivity contribution in [2.45, 2.75) is 25.2 Å². The zero-order chi connectivity index (χ0) is 20.6. The third kappa shape index (κ3) is 3.76. The first-order chi connectivity index (χ1) is 13.1. The summed E-state index contributed by atoms with van der Waals surface area (Å²) in [5.41, 5.74) is 3.20. The minimum atomic E-state index is -3.78. The highest BCUT2D eigenvalue weighted by Crippen LogP contribution is 2.25. The van der Waals surface area contributed by atoms with Crippen LogP contribution in [-0.4, -0.2) is 18.8 Å². The second kappa shape index (κ2) is 7.33. The molecule has 1 heterocycles. The van der Waals surface area contributed by atoms with Gasteiger partial charge in [-0.2, -0.15) is 0 Å². The number of carbonyl (C=O) groups is 1. The van der Waals surface area contributed by atoms with E-state index < -0.39 is 15.8 Å². The second-order valence-corrected chi connectivity index (χ2v) is 8.42. The Morgan fingerprint density at radius 3 is 2.14 bits per heavy atom. The number of carbonyl (C=O) groups excluding carboxylic acids is 1. The van der Waals surface area contributed by atoms with E-state index in [4.69, 9.17) is 5.14 Å². The summed E-state index contributed by atoms with van der Waals surface area (Å²) in [5, 5.41) is 5.10. The number of nitrogens with zero attached hydrogens (tertiary/aromatic N) is 1. The van der Waals surface area contributed by atoms with Gasteiger partial charge in [0.1, 0.15) is 5.82 Å². The lowest BCUT2D eigenvalue weighted by Gasteiger charge is -2.09. The van der Waals surface area contributed by atoms with E-state index in [9.17, 15) is 17.6 Å². The number of sulfonamides is 1. The molecule has 2 aromatic carbocycles. The Morgan fingerprint density at radius 2 is 1.61 bits per heavy atom. The van der Waals surface area contributed by atoms with E-state index in [0.29, 0.717) is 28.1 Å². The quantitative estimate of drug-likeness (QED) is 0.668. The molecule has 3 rings (SSSR count). The monoisotopic (exact) mass is 400 g/mol. The van der Waals surface area contributed by atoms with Crippen LogP contribution in [0.4, 0.5) is 4.39 Å². The van der Waals surface area contributed by atoms with Gasteiger partial charge in [0.2, 0.25) is 15.8 Å². The lowest BCUT2D eigenvalue weighted by Crippen LogP contribution is -2.12. The smallest absolute Gasteiger partial charge is 0.238 e. The van der Waals surface area contributed by atoms with Gasteiger partial charge in [-0.25, -0.2) is 17.9 Å². The van der Waals surface area contributed by atoms with Crippen LogP contribution in [0.2, 0.25) is 0 Å². The fraction of sp³-hybridized carbons (Fsp3) is 0.190. The highest BCUT2D eigenvalue weighted by molar-refractivity contribution is 7.89. The number of hydrogen-bond acceptors (Lipinski definition) is 3. The van der Waals surface area contributed by atoms with Gasteiger partial charge in [0.25, 0.3) is 0 Å². The van der Waals surface area contributed by atoms with Crippen LogP contribution in [-0.2, 0) is 23.5 Å². The minimum absolute atomic E-state index is 0.00461. The number of primary sulfonamides is 1. The maximum absolute atomic E-state index is 14.9. The SMILES string of the molecule is Cc1ccc(C(=O)c2c(C)c(F)c(Cc3ccc(S(N)(=O)=O)cc3)n2C)cc1. The van der Waals surface area contributed by atoms with Crippen molar-refractivity contribution in [1.82, 2.24) is 4.57 Å². The Balaban J connectivity index is 1.96. The molecule has 0 aliphatic carbocycles. The normalized spacial score (nSPS) is 11.6. The first-order valence-corrected chi connectivity index (χ1v) is 10.2. The van der Waals surface area contributed by atoms with Crippen molar-refractivity contribution < 1.29 is 17.6 Å². The molecule has 0 saturated heterocycles. The van der Waals surface area contributed by atoms with Gasteiger partial charge in [-0.3, -0.25) is 4.79 Å². The molecule has 1 aromatic heterocycles. The molecule has 0 aliphatic rings. The van der Waals surface area contributed by atoms with Crippen LogP contribution in [0.5, 0.6) is 0 Å². The predicted molar refractivity (Wildman–Crippen MR) is 105 cm³/mol. The molecular formula is C21H21FN2O3S. The van der Waals surface area contributed by atoms with Crippen LogP contribution in [0.25, 0.3) is 0 Å². The van der Waals surface area contributed by atoms with E-state index in [2.05, 4.69) is 0 Å². The van der Waals surface area contributed by atoms with Crippen LogP contribution in [0.3, 0.4) is 0 Å². The average molecular weight is 400 g/mol. The highest BCUT2D eigenvalue weighted by Gasteiger charge is 2.24. The van der Waals surface area contributed by atoms with Crippen molar-refractivity contribution in [3.8, 4) is 0 Å². The molecule has 2 N–H and O–H groups in total. The number of rotatable bonds is 5. The largest absolute Gasteiger partial charge is 0.342 e. The molecule has 0 unspecified atom stereocenters. The molecule has 0 aliphatic heterocycles. The van der Waals surface area contributed by atoms with Gasteiger partial charge in [0, 0.05) is 24.6 Å². The Morgan fingerprint density at radius 1 is 1.04 bits per heavy atom. The van der Waals surface area contributed by atoms with Crippen molar-refractivity contribution >= 4 is 15.8 Å². The van der Waals surface area contributed by atoms with E-state index in [1.807, 2.05) is 19.1 Å². The molecule has 5 nitrogen and oxygen atoms in total. The number of aromatic nitrogens is 1. The lowest BCUT2D eigenvalue weighted by atomic mass is 10.0. The van der Waals surface area contributed by atoms with Crippen LogP contribution >= 0.6 is 0 Å². The summed E-state index contributed by atoms with van der Waals surface area (Å²) in [5.74, 6) is -0.678. The summed E-state index contributed by atoms with van der Waals surface area (Å²) in [6.07, 6.45) is 0.218. The molecule has 0 bridgehead atoms. The fourth-order valence-corrected chi connectivity index (χ4v) is 3.72. The zero-order valence-electron chi connectivity index (χ0n) is 15.9. The van der Waals surface area contributed by atoms with Gasteiger partial charge in [-0.05, 0) is 31.5 Å². The second-order valence-electron chi connectivity index (χ2n) is 6.85. The molecule has 3 aromatic rings. The molecule has 0 saturated carbocycles. The number of halogens is 1. The van der Waals surface area contributed by atoms with Crippen molar-refractivity contribution in [2.75, 3.05) is 0 Å². The van der Waals surface area contributed by atoms with Gasteiger partial charge in [0.05, 0.1) is 16.3 Å². The van der Waals surface area contributed by atoms with Crippen molar-refractivity contribution in [3.63, 3.8) is 0 Å². The molecular weight excluding hydrogens is 379 g/mol. The van der Waals surface area contributed by atoms with Crippen LogP contribution in [0, 0.1) is 19.7 Å². The third-order valence-electron chi connectivity index (χ3n) is 4.83. The molecule has 146 valence electrons. The average Bonchev–Trinajstić information content (AvgIpc) is 2.85. The Hall–Kier alpha value is -2.77. The van der Waals surface area contributed by atoms with Crippen molar-refractivity contribution in [1.29, 1.82) is 0 Å². The van der Waals surface area contributed by atoms with E-state index in [-0.39, 0.29) is 17.1 Å². The predicted octanol–water partition coefficient (Wildman–Crippen LogP) is 3.25. The summed E-state index contributed by atoms with van der Waals surface area (Å²) in [7, 11) is -2.12. The molecule has 0 fully saturated rings. The molecule has 28 heavy (non-hydrogen) atoms. The van der Waals surface area contributed by atoms with E-state index >= 15 is 0 Å². The minimum Gasteiger partial charge on any atom is -0.342 e. The molecule has 7 heteroatoms. The van der Waals surface area contributed by atoms with E-state index in [1.54, 1.807) is 42.8 Å². The number of ketones is 1. The third-order valence-corrected chi connectivity index (χ3v) is 5.76. The molecule has 0 atom stereocenters. The Bertz CT molecular complexity index is 1150. The topological polar surface area (TPSA) is 82.2 Å². The number of hydrogen-bond donors (Lipinski definition) is 1. The van der Waals surface area contributed by atoms with Crippen molar-refractivity contribution in [3.05, 3.63) is 88.0 Å². The standard InChI is InChI=1S/C21H21FN2O3S/c1-13-4-8-16(9-5-13)21(25)20-14(2)19(22)18(24(20)3)12-15-6-10-17(11-7-15)28(23,26)27/h4-11H,12H2,1-3H3,(H2,23,26,27). The summed E-state index contributed by atoms with van der Waals surface area (Å²) >= 11 is 0. The van der Waals surface area contributed by atoms with Crippen LogP contribution in [0.15, 0.2) is 53.4 Å². The number of nitrogens with two attached hydrogens (primary N) is 1. The maximum Gasteiger partial charge on any atom is 0.238 e. The molecule has 0 radical (unpaired) electrons. The lowest BCUT2D eigenvalue weighted by molar-refractivity contribution is 0.103. The zero-order valence-corrected chi connectivity index (χ0v) is 16.7. The molecule has 0 amide bonds. The van der Waals surface area contributed by atoms with Gasteiger partial charge in [-0.15, -0.1) is 0 Å². The summed E-state index contributed by atoms with van der Waals surface area (Å²) < 4.78 is 39.2. The summed E-state index contributed by atoms with van der Waals surface area (Å²) in [6, 6.07) is 13.1. The highest BCUT2D eigenvalue weighted by atomic mass is 32.2. The first kappa shape index (κ1) is 20.0.